The molecule has 16 heavy (non-hydrogen) atoms. The van der Waals surface area contributed by atoms with Gasteiger partial charge in [-0.25, -0.2) is 0 Å². The van der Waals surface area contributed by atoms with Gasteiger partial charge in [-0.3, -0.25) is 0 Å². The molecule has 0 atom stereocenters. The summed E-state index contributed by atoms with van der Waals surface area (Å²) in [6.45, 7) is 2.07. The van der Waals surface area contributed by atoms with E-state index < -0.39 is 0 Å². The van der Waals surface area contributed by atoms with Crippen molar-refractivity contribution in [1.82, 2.24) is 0 Å². The minimum Gasteiger partial charge on any atom is -0.359 e. The molecule has 0 aromatic heterocycles. The number of allylic oxidation sites excluding steroid dienone is 1. The number of benzene rings is 2. The standard InChI is InChI=1S/C15H15N/c1-13(12-14-8-4-2-5-9-14)16-15-10-6-3-7-11-15/h2-12,16H,1H3/b13-12+. The lowest BCUT2D eigenvalue weighted by Crippen LogP contribution is -1.94. The van der Waals surface area contributed by atoms with Crippen molar-refractivity contribution in [3.8, 4) is 0 Å². The first kappa shape index (κ1) is 10.5. The van der Waals surface area contributed by atoms with Gasteiger partial charge in [-0.1, -0.05) is 48.5 Å². The Labute approximate surface area is 96.4 Å². The molecular weight excluding hydrogens is 194 g/mol. The third-order valence-corrected chi connectivity index (χ3v) is 2.30. The summed E-state index contributed by atoms with van der Waals surface area (Å²) in [6, 6.07) is 20.5. The second kappa shape index (κ2) is 5.17. The van der Waals surface area contributed by atoms with Crippen LogP contribution in [-0.4, -0.2) is 0 Å². The van der Waals surface area contributed by atoms with Gasteiger partial charge in [0.1, 0.15) is 0 Å². The molecule has 0 saturated heterocycles. The number of nitrogens with one attached hydrogen (secondary N) is 1. The molecule has 2 aromatic carbocycles. The highest BCUT2D eigenvalue weighted by Gasteiger charge is 1.91. The molecule has 0 aliphatic rings. The van der Waals surface area contributed by atoms with Gasteiger partial charge in [0.15, 0.2) is 0 Å². The third-order valence-electron chi connectivity index (χ3n) is 2.30. The average molecular weight is 209 g/mol. The normalized spacial score (nSPS) is 11.2. The molecule has 2 rings (SSSR count). The van der Waals surface area contributed by atoms with E-state index in [4.69, 9.17) is 0 Å². The lowest BCUT2D eigenvalue weighted by molar-refractivity contribution is 1.40. The fourth-order valence-electron chi connectivity index (χ4n) is 1.58. The van der Waals surface area contributed by atoms with Crippen LogP contribution in [0.25, 0.3) is 6.08 Å². The van der Waals surface area contributed by atoms with E-state index in [1.165, 1.54) is 5.56 Å². The first-order chi connectivity index (χ1) is 7.84. The van der Waals surface area contributed by atoms with Crippen LogP contribution in [0.3, 0.4) is 0 Å². The zero-order valence-corrected chi connectivity index (χ0v) is 9.35. The van der Waals surface area contributed by atoms with Crippen LogP contribution in [0.1, 0.15) is 12.5 Å². The smallest absolute Gasteiger partial charge is 0.0381 e. The van der Waals surface area contributed by atoms with Crippen molar-refractivity contribution in [3.63, 3.8) is 0 Å². The largest absolute Gasteiger partial charge is 0.359 e. The highest BCUT2D eigenvalue weighted by molar-refractivity contribution is 5.58. The van der Waals surface area contributed by atoms with Crippen molar-refractivity contribution in [1.29, 1.82) is 0 Å². The Morgan fingerprint density at radius 3 is 2.06 bits per heavy atom. The summed E-state index contributed by atoms with van der Waals surface area (Å²) in [6.07, 6.45) is 2.13. The number of hydrogen-bond acceptors (Lipinski definition) is 1. The van der Waals surface area contributed by atoms with E-state index in [1.54, 1.807) is 0 Å². The van der Waals surface area contributed by atoms with E-state index in [2.05, 4.69) is 42.6 Å². The van der Waals surface area contributed by atoms with E-state index in [-0.39, 0.29) is 0 Å². The van der Waals surface area contributed by atoms with Gasteiger partial charge in [-0.2, -0.15) is 0 Å². The molecule has 0 saturated carbocycles. The van der Waals surface area contributed by atoms with Crippen LogP contribution in [0.4, 0.5) is 5.69 Å². The lowest BCUT2D eigenvalue weighted by Gasteiger charge is -2.06. The third kappa shape index (κ3) is 2.99. The molecule has 80 valence electrons. The van der Waals surface area contributed by atoms with Crippen LogP contribution in [0.2, 0.25) is 0 Å². The lowest BCUT2D eigenvalue weighted by atomic mass is 10.2. The van der Waals surface area contributed by atoms with Crippen molar-refractivity contribution in [2.45, 2.75) is 6.92 Å². The Morgan fingerprint density at radius 2 is 1.44 bits per heavy atom. The van der Waals surface area contributed by atoms with Gasteiger partial charge in [-0.05, 0) is 30.7 Å². The molecule has 0 fully saturated rings. The summed E-state index contributed by atoms with van der Waals surface area (Å²) < 4.78 is 0. The van der Waals surface area contributed by atoms with Crippen molar-refractivity contribution in [2.75, 3.05) is 5.32 Å². The summed E-state index contributed by atoms with van der Waals surface area (Å²) >= 11 is 0. The summed E-state index contributed by atoms with van der Waals surface area (Å²) in [7, 11) is 0. The highest BCUT2D eigenvalue weighted by atomic mass is 14.9. The average Bonchev–Trinajstić information content (AvgIpc) is 2.31. The molecule has 0 aliphatic carbocycles. The van der Waals surface area contributed by atoms with E-state index in [0.717, 1.165) is 11.4 Å². The summed E-state index contributed by atoms with van der Waals surface area (Å²) in [5, 5.41) is 3.35. The van der Waals surface area contributed by atoms with Crippen LogP contribution in [0.15, 0.2) is 66.4 Å². The number of anilines is 1. The maximum absolute atomic E-state index is 3.35. The number of para-hydroxylation sites is 1. The molecular formula is C15H15N. The zero-order chi connectivity index (χ0) is 11.2. The minimum atomic E-state index is 1.12. The molecule has 1 nitrogen and oxygen atoms in total. The van der Waals surface area contributed by atoms with E-state index in [1.807, 2.05) is 36.4 Å². The van der Waals surface area contributed by atoms with Gasteiger partial charge in [-0.15, -0.1) is 0 Å². The molecule has 1 N–H and O–H groups in total. The maximum atomic E-state index is 3.35. The highest BCUT2D eigenvalue weighted by Crippen LogP contribution is 2.11. The first-order valence-corrected chi connectivity index (χ1v) is 5.40. The van der Waals surface area contributed by atoms with Crippen LogP contribution >= 0.6 is 0 Å². The Hall–Kier alpha value is -2.02. The van der Waals surface area contributed by atoms with Gasteiger partial charge in [0.05, 0.1) is 0 Å². The van der Waals surface area contributed by atoms with Gasteiger partial charge >= 0.3 is 0 Å². The molecule has 0 bridgehead atoms. The predicted octanol–water partition coefficient (Wildman–Crippen LogP) is 4.16. The molecule has 0 heterocycles. The molecule has 0 radical (unpaired) electrons. The number of hydrogen-bond donors (Lipinski definition) is 1. The van der Waals surface area contributed by atoms with Crippen molar-refractivity contribution in [2.24, 2.45) is 0 Å². The van der Waals surface area contributed by atoms with E-state index >= 15 is 0 Å². The monoisotopic (exact) mass is 209 g/mol. The van der Waals surface area contributed by atoms with Crippen LogP contribution < -0.4 is 5.32 Å². The second-order valence-corrected chi connectivity index (χ2v) is 3.73. The van der Waals surface area contributed by atoms with Gasteiger partial charge in [0.25, 0.3) is 0 Å². The Bertz CT molecular complexity index is 457. The van der Waals surface area contributed by atoms with Gasteiger partial charge in [0.2, 0.25) is 0 Å². The zero-order valence-electron chi connectivity index (χ0n) is 9.35. The van der Waals surface area contributed by atoms with Gasteiger partial charge in [0, 0.05) is 11.4 Å². The van der Waals surface area contributed by atoms with Crippen molar-refractivity contribution < 1.29 is 0 Å². The molecule has 0 spiro atoms. The molecule has 0 unspecified atom stereocenters. The summed E-state index contributed by atoms with van der Waals surface area (Å²) in [5.74, 6) is 0. The Morgan fingerprint density at radius 1 is 0.875 bits per heavy atom. The van der Waals surface area contributed by atoms with Crippen LogP contribution in [0, 0.1) is 0 Å². The minimum absolute atomic E-state index is 1.12. The number of rotatable bonds is 3. The molecule has 0 amide bonds. The summed E-state index contributed by atoms with van der Waals surface area (Å²) in [5.41, 5.74) is 3.47. The fourth-order valence-corrected chi connectivity index (χ4v) is 1.58. The van der Waals surface area contributed by atoms with E-state index in [9.17, 15) is 0 Å². The SMILES string of the molecule is C/C(=C\c1ccccc1)Nc1ccccc1. The van der Waals surface area contributed by atoms with Gasteiger partial charge < -0.3 is 5.32 Å². The quantitative estimate of drug-likeness (QED) is 0.800. The first-order valence-electron chi connectivity index (χ1n) is 5.40. The topological polar surface area (TPSA) is 12.0 Å². The van der Waals surface area contributed by atoms with E-state index in [0.29, 0.717) is 0 Å². The maximum Gasteiger partial charge on any atom is 0.0381 e. The predicted molar refractivity (Wildman–Crippen MR) is 70.2 cm³/mol. The Balaban J connectivity index is 2.09. The summed E-state index contributed by atoms with van der Waals surface area (Å²) in [4.78, 5) is 0. The Kier molecular flexibility index (Phi) is 3.39. The molecule has 2 aromatic rings. The van der Waals surface area contributed by atoms with Crippen LogP contribution in [0.5, 0.6) is 0 Å². The second-order valence-electron chi connectivity index (χ2n) is 3.73. The van der Waals surface area contributed by atoms with Crippen molar-refractivity contribution >= 4 is 11.8 Å². The molecule has 0 aliphatic heterocycles. The van der Waals surface area contributed by atoms with Crippen LogP contribution in [-0.2, 0) is 0 Å². The fraction of sp³-hybridized carbons (Fsp3) is 0.0667. The molecule has 1 heteroatoms. The van der Waals surface area contributed by atoms with Crippen molar-refractivity contribution in [3.05, 3.63) is 71.9 Å².